The fourth-order valence-electron chi connectivity index (χ4n) is 1.90. The zero-order chi connectivity index (χ0) is 12.3. The monoisotopic (exact) mass is 245 g/mol. The maximum atomic E-state index is 12.6. The molecule has 0 aromatic heterocycles. The van der Waals surface area contributed by atoms with Crippen LogP contribution in [-0.4, -0.2) is 45.7 Å². The smallest absolute Gasteiger partial charge is 0.115 e. The Balaban J connectivity index is 2.79. The Hall–Kier alpha value is -0.410. The van der Waals surface area contributed by atoms with Crippen molar-refractivity contribution in [3.8, 4) is 0 Å². The fraction of sp³-hybridized carbons (Fsp3) is 0.636. The van der Waals surface area contributed by atoms with E-state index in [9.17, 15) is 14.8 Å². The lowest BCUT2D eigenvalue weighted by atomic mass is 10.4. The first-order chi connectivity index (χ1) is 7.40. The van der Waals surface area contributed by atoms with Crippen LogP contribution in [-0.2, 0) is 4.57 Å². The molecule has 0 saturated carbocycles. The van der Waals surface area contributed by atoms with E-state index in [-0.39, 0.29) is 11.9 Å². The SMILES string of the molecule is C=CC1C=CCP1(=O)CN(C(C)O)C(C)O. The third-order valence-corrected chi connectivity index (χ3v) is 6.00. The lowest BCUT2D eigenvalue weighted by Crippen LogP contribution is -2.41. The van der Waals surface area contributed by atoms with Gasteiger partial charge in [-0.25, -0.2) is 4.90 Å². The van der Waals surface area contributed by atoms with Crippen molar-refractivity contribution in [2.24, 2.45) is 0 Å². The van der Waals surface area contributed by atoms with Crippen molar-refractivity contribution in [2.75, 3.05) is 12.4 Å². The Morgan fingerprint density at radius 2 is 2.12 bits per heavy atom. The predicted molar refractivity (Wildman–Crippen MR) is 65.7 cm³/mol. The number of hydrogen-bond donors (Lipinski definition) is 2. The van der Waals surface area contributed by atoms with Crippen LogP contribution >= 0.6 is 7.14 Å². The molecule has 4 unspecified atom stereocenters. The molecule has 0 aliphatic carbocycles. The van der Waals surface area contributed by atoms with Gasteiger partial charge >= 0.3 is 0 Å². The molecular formula is C11H20NO3P. The van der Waals surface area contributed by atoms with Gasteiger partial charge in [-0.05, 0) is 13.8 Å². The van der Waals surface area contributed by atoms with Crippen molar-refractivity contribution in [1.29, 1.82) is 0 Å². The Labute approximate surface area is 96.6 Å². The van der Waals surface area contributed by atoms with Gasteiger partial charge in [0, 0.05) is 11.8 Å². The summed E-state index contributed by atoms with van der Waals surface area (Å²) in [5.41, 5.74) is -0.132. The molecule has 1 rings (SSSR count). The molecule has 0 aromatic carbocycles. The summed E-state index contributed by atoms with van der Waals surface area (Å²) in [5.74, 6) is 0. The highest BCUT2D eigenvalue weighted by atomic mass is 31.2. The van der Waals surface area contributed by atoms with Gasteiger partial charge in [-0.1, -0.05) is 18.2 Å². The second-order valence-corrected chi connectivity index (χ2v) is 7.36. The summed E-state index contributed by atoms with van der Waals surface area (Å²) in [4.78, 5) is 1.43. The first kappa shape index (κ1) is 13.7. The number of rotatable bonds is 5. The summed E-state index contributed by atoms with van der Waals surface area (Å²) >= 11 is 0. The van der Waals surface area contributed by atoms with Gasteiger partial charge in [0.25, 0.3) is 0 Å². The van der Waals surface area contributed by atoms with Crippen molar-refractivity contribution in [1.82, 2.24) is 4.90 Å². The van der Waals surface area contributed by atoms with E-state index in [4.69, 9.17) is 0 Å². The van der Waals surface area contributed by atoms with Crippen molar-refractivity contribution >= 4 is 7.14 Å². The summed E-state index contributed by atoms with van der Waals surface area (Å²) in [6, 6.07) is 0. The molecule has 92 valence electrons. The lowest BCUT2D eigenvalue weighted by Gasteiger charge is -2.32. The van der Waals surface area contributed by atoms with Crippen LogP contribution < -0.4 is 0 Å². The third kappa shape index (κ3) is 2.83. The second kappa shape index (κ2) is 5.28. The molecule has 0 bridgehead atoms. The third-order valence-electron chi connectivity index (χ3n) is 2.90. The second-order valence-electron chi connectivity index (χ2n) is 4.21. The van der Waals surface area contributed by atoms with Gasteiger partial charge < -0.3 is 14.8 Å². The lowest BCUT2D eigenvalue weighted by molar-refractivity contribution is -0.0726. The Bertz CT molecular complexity index is 317. The number of hydrogen-bond acceptors (Lipinski definition) is 4. The summed E-state index contributed by atoms with van der Waals surface area (Å²) < 4.78 is 12.6. The van der Waals surface area contributed by atoms with Gasteiger partial charge in [0.15, 0.2) is 0 Å². The van der Waals surface area contributed by atoms with Crippen molar-refractivity contribution in [3.05, 3.63) is 24.8 Å². The minimum Gasteiger partial charge on any atom is -0.379 e. The maximum absolute atomic E-state index is 12.6. The largest absolute Gasteiger partial charge is 0.379 e. The van der Waals surface area contributed by atoms with Crippen LogP contribution in [0.4, 0.5) is 0 Å². The molecule has 0 saturated heterocycles. The highest BCUT2D eigenvalue weighted by molar-refractivity contribution is 7.65. The molecule has 5 heteroatoms. The van der Waals surface area contributed by atoms with Crippen LogP contribution in [0.3, 0.4) is 0 Å². The summed E-state index contributed by atoms with van der Waals surface area (Å²) in [7, 11) is -2.47. The van der Waals surface area contributed by atoms with Crippen LogP contribution in [0.2, 0.25) is 0 Å². The zero-order valence-corrected chi connectivity index (χ0v) is 10.7. The fourth-order valence-corrected chi connectivity index (χ4v) is 4.78. The summed E-state index contributed by atoms with van der Waals surface area (Å²) in [6.45, 7) is 6.79. The van der Waals surface area contributed by atoms with Gasteiger partial charge in [-0.2, -0.15) is 0 Å². The molecule has 0 radical (unpaired) electrons. The van der Waals surface area contributed by atoms with E-state index in [1.54, 1.807) is 19.9 Å². The molecular weight excluding hydrogens is 225 g/mol. The van der Waals surface area contributed by atoms with Crippen molar-refractivity contribution < 1.29 is 14.8 Å². The molecule has 1 aliphatic heterocycles. The van der Waals surface area contributed by atoms with Crippen LogP contribution in [0.5, 0.6) is 0 Å². The average Bonchev–Trinajstić information content (AvgIpc) is 2.55. The molecule has 16 heavy (non-hydrogen) atoms. The summed E-state index contributed by atoms with van der Waals surface area (Å²) in [5, 5.41) is 19.0. The number of allylic oxidation sites excluding steroid dienone is 3. The molecule has 2 N–H and O–H groups in total. The van der Waals surface area contributed by atoms with Gasteiger partial charge in [0.05, 0.1) is 6.29 Å². The molecule has 4 nitrogen and oxygen atoms in total. The molecule has 0 spiro atoms. The first-order valence-electron chi connectivity index (χ1n) is 5.39. The minimum atomic E-state index is -2.47. The van der Waals surface area contributed by atoms with E-state index >= 15 is 0 Å². The quantitative estimate of drug-likeness (QED) is 0.437. The van der Waals surface area contributed by atoms with Crippen LogP contribution in [0.25, 0.3) is 0 Å². The molecule has 1 heterocycles. The maximum Gasteiger partial charge on any atom is 0.115 e. The Morgan fingerprint density at radius 1 is 1.56 bits per heavy atom. The number of nitrogens with zero attached hydrogens (tertiary/aromatic N) is 1. The molecule has 4 atom stereocenters. The van der Waals surface area contributed by atoms with Gasteiger partial charge in [-0.3, -0.25) is 0 Å². The van der Waals surface area contributed by atoms with E-state index in [1.807, 2.05) is 12.2 Å². The van der Waals surface area contributed by atoms with E-state index in [2.05, 4.69) is 6.58 Å². The number of aliphatic hydroxyl groups excluding tert-OH is 2. The van der Waals surface area contributed by atoms with Gasteiger partial charge in [0.1, 0.15) is 19.6 Å². The van der Waals surface area contributed by atoms with E-state index in [0.29, 0.717) is 6.16 Å². The highest BCUT2D eigenvalue weighted by Gasteiger charge is 2.35. The predicted octanol–water partition coefficient (Wildman–Crippen LogP) is 1.41. The van der Waals surface area contributed by atoms with Crippen LogP contribution in [0.15, 0.2) is 24.8 Å². The number of aliphatic hydroxyl groups is 2. The van der Waals surface area contributed by atoms with Crippen molar-refractivity contribution in [3.63, 3.8) is 0 Å². The van der Waals surface area contributed by atoms with E-state index < -0.39 is 19.6 Å². The topological polar surface area (TPSA) is 60.8 Å². The van der Waals surface area contributed by atoms with E-state index in [0.717, 1.165) is 0 Å². The molecule has 0 aromatic rings. The normalized spacial score (nSPS) is 32.9. The Kier molecular flexibility index (Phi) is 4.51. The minimum absolute atomic E-state index is 0.132. The van der Waals surface area contributed by atoms with E-state index in [1.165, 1.54) is 4.90 Å². The molecule has 0 amide bonds. The Morgan fingerprint density at radius 3 is 2.56 bits per heavy atom. The van der Waals surface area contributed by atoms with Crippen LogP contribution in [0.1, 0.15) is 13.8 Å². The van der Waals surface area contributed by atoms with Gasteiger partial charge in [0.2, 0.25) is 0 Å². The highest BCUT2D eigenvalue weighted by Crippen LogP contribution is 2.55. The average molecular weight is 245 g/mol. The molecule has 0 fully saturated rings. The van der Waals surface area contributed by atoms with Crippen LogP contribution in [0, 0.1) is 0 Å². The van der Waals surface area contributed by atoms with Gasteiger partial charge in [-0.15, -0.1) is 6.58 Å². The zero-order valence-electron chi connectivity index (χ0n) is 9.78. The van der Waals surface area contributed by atoms with Crippen molar-refractivity contribution in [2.45, 2.75) is 32.0 Å². The first-order valence-corrected chi connectivity index (χ1v) is 7.54. The summed E-state index contributed by atoms with van der Waals surface area (Å²) in [6.07, 6.45) is 4.55. The molecule has 1 aliphatic rings. The standard InChI is InChI=1S/C11H20NO3P/c1-4-11-6-5-7-16(11,15)8-12(9(2)13)10(3)14/h4-6,9-11,13-14H,1,7-8H2,2-3H3.